The number of aliphatic carboxylic acids is 1. The van der Waals surface area contributed by atoms with Crippen LogP contribution in [0.15, 0.2) is 30.3 Å². The number of nitrogens with one attached hydrogen (secondary N) is 1. The Labute approximate surface area is 141 Å². The topological polar surface area (TPSA) is 80.6 Å². The summed E-state index contributed by atoms with van der Waals surface area (Å²) in [4.78, 5) is 23.8. The van der Waals surface area contributed by atoms with Gasteiger partial charge >= 0.3 is 5.97 Å². The highest BCUT2D eigenvalue weighted by molar-refractivity contribution is 5.96. The molecule has 2 rings (SSSR count). The number of hydrogen-bond acceptors (Lipinski definition) is 3. The molecule has 0 fully saturated rings. The summed E-state index contributed by atoms with van der Waals surface area (Å²) in [5.74, 6) is -0.654. The Morgan fingerprint density at radius 3 is 2.54 bits per heavy atom. The summed E-state index contributed by atoms with van der Waals surface area (Å²) in [7, 11) is 3.43. The van der Waals surface area contributed by atoms with Crippen LogP contribution in [-0.4, -0.2) is 28.7 Å². The van der Waals surface area contributed by atoms with Gasteiger partial charge in [-0.15, -0.1) is 0 Å². The average molecular weight is 330 g/mol. The van der Waals surface area contributed by atoms with Crippen LogP contribution in [0.1, 0.15) is 39.8 Å². The smallest absolute Gasteiger partial charge is 0.305 e. The van der Waals surface area contributed by atoms with Gasteiger partial charge in [0.2, 0.25) is 0 Å². The molecule has 128 valence electrons. The highest BCUT2D eigenvalue weighted by Crippen LogP contribution is 2.23. The fourth-order valence-electron chi connectivity index (χ4n) is 2.61. The normalized spacial score (nSPS) is 11.8. The van der Waals surface area contributed by atoms with Crippen molar-refractivity contribution in [2.24, 2.45) is 7.05 Å². The van der Waals surface area contributed by atoms with Gasteiger partial charge in [0.1, 0.15) is 5.75 Å². The minimum absolute atomic E-state index is 0.205. The van der Waals surface area contributed by atoms with Gasteiger partial charge in [-0.05, 0) is 37.6 Å². The molecule has 0 bridgehead atoms. The molecule has 0 radical (unpaired) electrons. The Balaban J connectivity index is 2.29. The van der Waals surface area contributed by atoms with E-state index in [0.717, 1.165) is 11.4 Å². The van der Waals surface area contributed by atoms with E-state index in [9.17, 15) is 14.7 Å². The third-order valence-electron chi connectivity index (χ3n) is 4.20. The first kappa shape index (κ1) is 17.6. The lowest BCUT2D eigenvalue weighted by Crippen LogP contribution is -2.30. The maximum Gasteiger partial charge on any atom is 0.305 e. The lowest BCUT2D eigenvalue weighted by Gasteiger charge is -2.18. The van der Waals surface area contributed by atoms with E-state index >= 15 is 0 Å². The number of nitrogens with zero attached hydrogens (tertiary/aromatic N) is 1. The molecule has 0 saturated heterocycles. The highest BCUT2D eigenvalue weighted by atomic mass is 16.5. The summed E-state index contributed by atoms with van der Waals surface area (Å²) < 4.78 is 7.10. The third kappa shape index (κ3) is 3.76. The number of carboxylic acids is 1. The van der Waals surface area contributed by atoms with E-state index in [1.54, 1.807) is 37.4 Å². The number of methoxy groups -OCH3 is 1. The summed E-state index contributed by atoms with van der Waals surface area (Å²) in [5, 5.41) is 12.0. The first-order chi connectivity index (χ1) is 11.3. The van der Waals surface area contributed by atoms with Crippen molar-refractivity contribution in [2.45, 2.75) is 26.3 Å². The molecule has 24 heavy (non-hydrogen) atoms. The van der Waals surface area contributed by atoms with Gasteiger partial charge in [-0.1, -0.05) is 12.1 Å². The lowest BCUT2D eigenvalue weighted by atomic mass is 10.0. The molecule has 1 aromatic carbocycles. The number of aryl methyl sites for hydroxylation is 1. The highest BCUT2D eigenvalue weighted by Gasteiger charge is 2.21. The molecule has 6 nitrogen and oxygen atoms in total. The minimum Gasteiger partial charge on any atom is -0.497 e. The van der Waals surface area contributed by atoms with Crippen molar-refractivity contribution >= 4 is 11.9 Å². The number of carbonyl (C=O) groups is 2. The third-order valence-corrected chi connectivity index (χ3v) is 4.20. The number of carbonyl (C=O) groups excluding carboxylic acids is 1. The summed E-state index contributed by atoms with van der Waals surface area (Å²) in [5.41, 5.74) is 3.04. The zero-order valence-corrected chi connectivity index (χ0v) is 14.3. The van der Waals surface area contributed by atoms with E-state index in [2.05, 4.69) is 5.32 Å². The number of rotatable bonds is 6. The average Bonchev–Trinajstić information content (AvgIpc) is 2.81. The number of hydrogen-bond donors (Lipinski definition) is 2. The Bertz CT molecular complexity index is 764. The second kappa shape index (κ2) is 7.21. The predicted octanol–water partition coefficient (Wildman–Crippen LogP) is 2.60. The summed E-state index contributed by atoms with van der Waals surface area (Å²) in [6.07, 6.45) is -0.205. The van der Waals surface area contributed by atoms with E-state index in [4.69, 9.17) is 4.74 Å². The Morgan fingerprint density at radius 2 is 2.00 bits per heavy atom. The molecular weight excluding hydrogens is 308 g/mol. The largest absolute Gasteiger partial charge is 0.497 e. The fraction of sp³-hybridized carbons (Fsp3) is 0.333. The van der Waals surface area contributed by atoms with Gasteiger partial charge in [-0.3, -0.25) is 9.59 Å². The van der Waals surface area contributed by atoms with Crippen LogP contribution in [0.25, 0.3) is 0 Å². The maximum atomic E-state index is 12.6. The van der Waals surface area contributed by atoms with Gasteiger partial charge in [-0.25, -0.2) is 0 Å². The van der Waals surface area contributed by atoms with E-state index in [1.165, 1.54) is 0 Å². The van der Waals surface area contributed by atoms with Crippen molar-refractivity contribution in [1.29, 1.82) is 0 Å². The first-order valence-corrected chi connectivity index (χ1v) is 7.63. The van der Waals surface area contributed by atoms with Gasteiger partial charge in [0.15, 0.2) is 0 Å². The maximum absolute atomic E-state index is 12.6. The van der Waals surface area contributed by atoms with Crippen LogP contribution in [0.4, 0.5) is 0 Å². The lowest BCUT2D eigenvalue weighted by molar-refractivity contribution is -0.137. The zero-order valence-electron chi connectivity index (χ0n) is 14.3. The minimum atomic E-state index is -0.982. The van der Waals surface area contributed by atoms with Crippen molar-refractivity contribution in [3.63, 3.8) is 0 Å². The summed E-state index contributed by atoms with van der Waals surface area (Å²) in [6.45, 7) is 3.78. The quantitative estimate of drug-likeness (QED) is 0.853. The predicted molar refractivity (Wildman–Crippen MR) is 90.3 cm³/mol. The summed E-state index contributed by atoms with van der Waals surface area (Å²) >= 11 is 0. The molecule has 0 spiro atoms. The second-order valence-electron chi connectivity index (χ2n) is 5.74. The molecule has 2 aromatic rings. The van der Waals surface area contributed by atoms with Crippen LogP contribution in [0.3, 0.4) is 0 Å². The molecule has 6 heteroatoms. The number of carboxylic acid groups (broad SMARTS) is 1. The molecule has 0 aliphatic heterocycles. The van der Waals surface area contributed by atoms with Crippen molar-refractivity contribution in [3.8, 4) is 5.75 Å². The van der Waals surface area contributed by atoms with Crippen LogP contribution in [-0.2, 0) is 11.8 Å². The van der Waals surface area contributed by atoms with E-state index in [-0.39, 0.29) is 12.3 Å². The fourth-order valence-corrected chi connectivity index (χ4v) is 2.61. The number of benzene rings is 1. The second-order valence-corrected chi connectivity index (χ2v) is 5.74. The molecule has 0 saturated carbocycles. The van der Waals surface area contributed by atoms with E-state index < -0.39 is 12.0 Å². The van der Waals surface area contributed by atoms with Crippen molar-refractivity contribution in [3.05, 3.63) is 52.8 Å². The standard InChI is InChI=1S/C18H22N2O4/c1-11-8-15(12(2)20(11)3)18(23)19-16(10-17(21)22)13-6-5-7-14(9-13)24-4/h5-9,16H,10H2,1-4H3,(H,19,23)(H,21,22). The van der Waals surface area contributed by atoms with Gasteiger partial charge in [0, 0.05) is 18.4 Å². The van der Waals surface area contributed by atoms with Crippen LogP contribution >= 0.6 is 0 Å². The van der Waals surface area contributed by atoms with Gasteiger partial charge in [-0.2, -0.15) is 0 Å². The van der Waals surface area contributed by atoms with Crippen molar-refractivity contribution in [1.82, 2.24) is 9.88 Å². The molecule has 1 unspecified atom stereocenters. The zero-order chi connectivity index (χ0) is 17.9. The molecule has 0 aliphatic carbocycles. The molecule has 0 aliphatic rings. The van der Waals surface area contributed by atoms with Crippen molar-refractivity contribution in [2.75, 3.05) is 7.11 Å². The Morgan fingerprint density at radius 1 is 1.29 bits per heavy atom. The number of amides is 1. The van der Waals surface area contributed by atoms with Crippen LogP contribution < -0.4 is 10.1 Å². The SMILES string of the molecule is COc1cccc(C(CC(=O)O)NC(=O)c2cc(C)n(C)c2C)c1. The number of ether oxygens (including phenoxy) is 1. The van der Waals surface area contributed by atoms with Crippen LogP contribution in [0.2, 0.25) is 0 Å². The molecule has 1 atom stereocenters. The Hall–Kier alpha value is -2.76. The molecule has 2 N–H and O–H groups in total. The molecule has 1 amide bonds. The van der Waals surface area contributed by atoms with Gasteiger partial charge in [0.25, 0.3) is 5.91 Å². The van der Waals surface area contributed by atoms with Gasteiger partial charge < -0.3 is 19.7 Å². The van der Waals surface area contributed by atoms with Crippen molar-refractivity contribution < 1.29 is 19.4 Å². The molecular formula is C18H22N2O4. The summed E-state index contributed by atoms with van der Waals surface area (Å²) in [6, 6.07) is 8.22. The van der Waals surface area contributed by atoms with Crippen LogP contribution in [0.5, 0.6) is 5.75 Å². The monoisotopic (exact) mass is 330 g/mol. The van der Waals surface area contributed by atoms with E-state index in [0.29, 0.717) is 16.9 Å². The van der Waals surface area contributed by atoms with Crippen LogP contribution in [0, 0.1) is 13.8 Å². The van der Waals surface area contributed by atoms with Gasteiger partial charge in [0.05, 0.1) is 25.1 Å². The van der Waals surface area contributed by atoms with E-state index in [1.807, 2.05) is 25.5 Å². The number of aromatic nitrogens is 1. The Kier molecular flexibility index (Phi) is 5.28. The molecule has 1 heterocycles. The molecule has 1 aromatic heterocycles. The first-order valence-electron chi connectivity index (χ1n) is 7.63.